The fraction of sp³-hybridized carbons (Fsp3) is 0.370. The summed E-state index contributed by atoms with van der Waals surface area (Å²) in [5.41, 5.74) is 6.17. The highest BCUT2D eigenvalue weighted by Gasteiger charge is 2.37. The topological polar surface area (TPSA) is 52.7 Å². The minimum absolute atomic E-state index is 0.0839. The van der Waals surface area contributed by atoms with Gasteiger partial charge in [0.2, 0.25) is 0 Å². The standard InChI is InChI=1S/C27H31N3O2S/c1-7-29-23-12-11-19(13-20(23)17(3)15-27(29,5)6)14-21-24(31)28-26(33)30(25(21)32)22-10-8-9-16(2)18(22)4/h8-14,17H,7,15H2,1-6H3,(H,28,31,33)/b21-14+/t17-/m0/s1. The molecule has 1 atom stereocenters. The third kappa shape index (κ3) is 3.97. The third-order valence-corrected chi connectivity index (χ3v) is 7.24. The number of anilines is 2. The highest BCUT2D eigenvalue weighted by atomic mass is 32.1. The first-order valence-electron chi connectivity index (χ1n) is 11.4. The van der Waals surface area contributed by atoms with Crippen molar-refractivity contribution in [2.24, 2.45) is 0 Å². The Hall–Kier alpha value is -2.99. The molecule has 5 nitrogen and oxygen atoms in total. The quantitative estimate of drug-likeness (QED) is 0.386. The molecule has 2 aliphatic rings. The molecule has 2 aromatic rings. The van der Waals surface area contributed by atoms with E-state index in [0.717, 1.165) is 29.7 Å². The minimum Gasteiger partial charge on any atom is -0.366 e. The molecule has 0 aromatic heterocycles. The first-order chi connectivity index (χ1) is 15.5. The number of carbonyl (C=O) groups is 2. The smallest absolute Gasteiger partial charge is 0.270 e. The summed E-state index contributed by atoms with van der Waals surface area (Å²) < 4.78 is 0. The van der Waals surface area contributed by atoms with Gasteiger partial charge in [0, 0.05) is 17.8 Å². The van der Waals surface area contributed by atoms with Crippen molar-refractivity contribution in [3.05, 3.63) is 64.2 Å². The predicted molar refractivity (Wildman–Crippen MR) is 139 cm³/mol. The van der Waals surface area contributed by atoms with E-state index in [9.17, 15) is 9.59 Å². The summed E-state index contributed by atoms with van der Waals surface area (Å²) in [6.45, 7) is 13.8. The summed E-state index contributed by atoms with van der Waals surface area (Å²) in [7, 11) is 0. The number of carbonyl (C=O) groups excluding carboxylic acids is 2. The largest absolute Gasteiger partial charge is 0.366 e. The van der Waals surface area contributed by atoms with Gasteiger partial charge in [-0.3, -0.25) is 19.8 Å². The van der Waals surface area contributed by atoms with Crippen LogP contribution < -0.4 is 15.1 Å². The summed E-state index contributed by atoms with van der Waals surface area (Å²) in [6.07, 6.45) is 2.72. The van der Waals surface area contributed by atoms with Crippen LogP contribution in [0.15, 0.2) is 42.0 Å². The van der Waals surface area contributed by atoms with Crippen LogP contribution in [0.25, 0.3) is 6.08 Å². The van der Waals surface area contributed by atoms with Crippen molar-refractivity contribution in [1.29, 1.82) is 0 Å². The van der Waals surface area contributed by atoms with E-state index in [-0.39, 0.29) is 16.2 Å². The zero-order valence-corrected chi connectivity index (χ0v) is 21.0. The number of nitrogens with zero attached hydrogens (tertiary/aromatic N) is 2. The Balaban J connectivity index is 1.75. The van der Waals surface area contributed by atoms with E-state index >= 15 is 0 Å². The van der Waals surface area contributed by atoms with Crippen LogP contribution in [0, 0.1) is 13.8 Å². The van der Waals surface area contributed by atoms with Crippen LogP contribution in [-0.2, 0) is 9.59 Å². The molecule has 2 aliphatic heterocycles. The summed E-state index contributed by atoms with van der Waals surface area (Å²) in [4.78, 5) is 30.1. The molecule has 2 aromatic carbocycles. The highest BCUT2D eigenvalue weighted by molar-refractivity contribution is 7.80. The molecule has 2 heterocycles. The average Bonchev–Trinajstić information content (AvgIpc) is 2.74. The molecule has 0 aliphatic carbocycles. The van der Waals surface area contributed by atoms with Gasteiger partial charge < -0.3 is 4.90 Å². The van der Waals surface area contributed by atoms with Crippen molar-refractivity contribution >= 4 is 46.6 Å². The number of fused-ring (bicyclic) bond motifs is 1. The normalized spacial score (nSPS) is 21.3. The van der Waals surface area contributed by atoms with Gasteiger partial charge in [0.05, 0.1) is 5.69 Å². The number of nitrogens with one attached hydrogen (secondary N) is 1. The lowest BCUT2D eigenvalue weighted by atomic mass is 9.79. The third-order valence-electron chi connectivity index (χ3n) is 6.96. The van der Waals surface area contributed by atoms with Gasteiger partial charge in [0.15, 0.2) is 5.11 Å². The SMILES string of the molecule is CCN1c2ccc(/C=C3\C(=O)NC(=S)N(c4cccc(C)c4C)C3=O)cc2[C@@H](C)CC1(C)C. The average molecular weight is 462 g/mol. The molecule has 0 spiro atoms. The molecule has 4 rings (SSSR count). The number of rotatable bonds is 3. The van der Waals surface area contributed by atoms with E-state index in [1.807, 2.05) is 38.1 Å². The fourth-order valence-corrected chi connectivity index (χ4v) is 5.49. The second-order valence-electron chi connectivity index (χ2n) is 9.66. The summed E-state index contributed by atoms with van der Waals surface area (Å²) in [5, 5.41) is 2.80. The van der Waals surface area contributed by atoms with Gasteiger partial charge in [0.1, 0.15) is 5.57 Å². The van der Waals surface area contributed by atoms with Crippen LogP contribution in [0.3, 0.4) is 0 Å². The molecular formula is C27H31N3O2S. The van der Waals surface area contributed by atoms with Crippen molar-refractivity contribution < 1.29 is 9.59 Å². The lowest BCUT2D eigenvalue weighted by Crippen LogP contribution is -2.54. The Labute approximate surface area is 201 Å². The van der Waals surface area contributed by atoms with E-state index in [4.69, 9.17) is 12.2 Å². The molecule has 0 saturated carbocycles. The second-order valence-corrected chi connectivity index (χ2v) is 10.0. The Kier molecular flexibility index (Phi) is 5.91. The molecular weight excluding hydrogens is 430 g/mol. The number of amides is 2. The zero-order chi connectivity index (χ0) is 24.1. The maximum Gasteiger partial charge on any atom is 0.270 e. The van der Waals surface area contributed by atoms with E-state index in [1.54, 1.807) is 6.08 Å². The first-order valence-corrected chi connectivity index (χ1v) is 11.8. The first kappa shape index (κ1) is 23.2. The number of aryl methyl sites for hydroxylation is 1. The molecule has 1 saturated heterocycles. The molecule has 2 amide bonds. The number of thiocarbonyl (C=S) groups is 1. The van der Waals surface area contributed by atoms with E-state index in [2.05, 4.69) is 50.0 Å². The van der Waals surface area contributed by atoms with E-state index in [1.165, 1.54) is 16.2 Å². The minimum atomic E-state index is -0.464. The fourth-order valence-electron chi connectivity index (χ4n) is 5.22. The van der Waals surface area contributed by atoms with Gasteiger partial charge >= 0.3 is 0 Å². The highest BCUT2D eigenvalue weighted by Crippen LogP contribution is 2.43. The summed E-state index contributed by atoms with van der Waals surface area (Å²) in [6, 6.07) is 11.9. The van der Waals surface area contributed by atoms with Gasteiger partial charge in [-0.1, -0.05) is 25.1 Å². The van der Waals surface area contributed by atoms with Gasteiger partial charge in [-0.15, -0.1) is 0 Å². The van der Waals surface area contributed by atoms with E-state index < -0.39 is 11.8 Å². The lowest BCUT2D eigenvalue weighted by Gasteiger charge is -2.47. The maximum atomic E-state index is 13.5. The van der Waals surface area contributed by atoms with Gasteiger partial charge in [0.25, 0.3) is 11.8 Å². The molecule has 0 unspecified atom stereocenters. The van der Waals surface area contributed by atoms with Crippen molar-refractivity contribution in [3.63, 3.8) is 0 Å². The molecule has 6 heteroatoms. The van der Waals surface area contributed by atoms with Gasteiger partial charge in [-0.2, -0.15) is 0 Å². The van der Waals surface area contributed by atoms with Gasteiger partial charge in [-0.05, 0) is 106 Å². The monoisotopic (exact) mass is 461 g/mol. The van der Waals surface area contributed by atoms with Crippen molar-refractivity contribution in [2.45, 2.75) is 59.4 Å². The van der Waals surface area contributed by atoms with Crippen molar-refractivity contribution in [1.82, 2.24) is 5.32 Å². The molecule has 172 valence electrons. The zero-order valence-electron chi connectivity index (χ0n) is 20.2. The number of hydrogen-bond donors (Lipinski definition) is 1. The second kappa shape index (κ2) is 8.41. The Morgan fingerprint density at radius 1 is 1.15 bits per heavy atom. The van der Waals surface area contributed by atoms with Gasteiger partial charge in [-0.25, -0.2) is 0 Å². The van der Waals surface area contributed by atoms with Crippen LogP contribution in [0.2, 0.25) is 0 Å². The van der Waals surface area contributed by atoms with Crippen LogP contribution in [0.4, 0.5) is 11.4 Å². The van der Waals surface area contributed by atoms with E-state index in [0.29, 0.717) is 11.6 Å². The molecule has 33 heavy (non-hydrogen) atoms. The maximum absolute atomic E-state index is 13.5. The van der Waals surface area contributed by atoms with Crippen LogP contribution in [-0.4, -0.2) is 29.0 Å². The Morgan fingerprint density at radius 2 is 1.88 bits per heavy atom. The molecule has 0 radical (unpaired) electrons. The van der Waals surface area contributed by atoms with Crippen molar-refractivity contribution in [3.8, 4) is 0 Å². The Morgan fingerprint density at radius 3 is 2.58 bits per heavy atom. The van der Waals surface area contributed by atoms with Crippen molar-refractivity contribution in [2.75, 3.05) is 16.3 Å². The summed E-state index contributed by atoms with van der Waals surface area (Å²) >= 11 is 5.37. The number of hydrogen-bond acceptors (Lipinski definition) is 4. The summed E-state index contributed by atoms with van der Waals surface area (Å²) in [5.74, 6) is -0.487. The Bertz CT molecular complexity index is 1200. The van der Waals surface area contributed by atoms with Crippen LogP contribution >= 0.6 is 12.2 Å². The predicted octanol–water partition coefficient (Wildman–Crippen LogP) is 5.25. The molecule has 1 N–H and O–H groups in total. The molecule has 0 bridgehead atoms. The van der Waals surface area contributed by atoms with Crippen LogP contribution in [0.1, 0.15) is 62.3 Å². The lowest BCUT2D eigenvalue weighted by molar-refractivity contribution is -0.122. The van der Waals surface area contributed by atoms with Crippen LogP contribution in [0.5, 0.6) is 0 Å². The number of benzene rings is 2. The molecule has 1 fully saturated rings.